The van der Waals surface area contributed by atoms with Gasteiger partial charge in [-0.05, 0) is 243 Å². The van der Waals surface area contributed by atoms with Gasteiger partial charge in [-0.25, -0.2) is 0 Å². The summed E-state index contributed by atoms with van der Waals surface area (Å²) in [5.74, 6) is 0. The second-order valence-electron chi connectivity index (χ2n) is 39.3. The predicted molar refractivity (Wildman–Crippen MR) is 524 cm³/mol. The molecular weight excluding hydrogens is 1490 g/mol. The lowest BCUT2D eigenvalue weighted by Crippen LogP contribution is -2.61. The number of aromatic nitrogens is 1. The van der Waals surface area contributed by atoms with Gasteiger partial charge in [0.15, 0.2) is 0 Å². The number of hydrogen-bond acceptors (Lipinski definition) is 2. The summed E-state index contributed by atoms with van der Waals surface area (Å²) in [7, 11) is 0. The van der Waals surface area contributed by atoms with Crippen molar-refractivity contribution in [3.05, 3.63) is 431 Å². The van der Waals surface area contributed by atoms with E-state index in [4.69, 9.17) is 0 Å². The van der Waals surface area contributed by atoms with Crippen LogP contribution in [-0.2, 0) is 32.5 Å². The Bertz CT molecular complexity index is 7540. The maximum Gasteiger partial charge on any atom is 0.252 e. The maximum absolute atomic E-state index is 10.3. The summed E-state index contributed by atoms with van der Waals surface area (Å²) < 4.78 is 80.6. The van der Waals surface area contributed by atoms with Gasteiger partial charge in [-0.3, -0.25) is 0 Å². The number of hydrogen-bond donors (Lipinski definition) is 0. The molecule has 2 spiro atoms. The van der Waals surface area contributed by atoms with Crippen molar-refractivity contribution in [2.45, 2.75) is 116 Å². The molecular formula is C120H96BN3. The molecule has 4 heteroatoms. The Morgan fingerprint density at radius 1 is 0.242 bits per heavy atom. The maximum atomic E-state index is 10.3. The molecule has 0 fully saturated rings. The lowest BCUT2D eigenvalue weighted by Gasteiger charge is -2.45. The Morgan fingerprint density at radius 3 is 0.871 bits per heavy atom. The highest BCUT2D eigenvalue weighted by Crippen LogP contribution is 2.66. The molecule has 0 unspecified atom stereocenters. The number of benzene rings is 17. The average molecular weight is 1600 g/mol. The first kappa shape index (κ1) is 65.9. The number of anilines is 6. The molecule has 0 radical (unpaired) electrons. The summed E-state index contributed by atoms with van der Waals surface area (Å²) in [6.07, 6.45) is 0. The molecule has 594 valence electrons. The first-order valence-electron chi connectivity index (χ1n) is 47.8. The van der Waals surface area contributed by atoms with Gasteiger partial charge in [0.1, 0.15) is 0 Å². The minimum atomic E-state index is -0.597. The van der Waals surface area contributed by atoms with Crippen molar-refractivity contribution >= 4 is 79.0 Å². The van der Waals surface area contributed by atoms with Crippen molar-refractivity contribution in [1.29, 1.82) is 0 Å². The van der Waals surface area contributed by atoms with E-state index < -0.39 is 53.8 Å². The molecule has 0 amide bonds. The van der Waals surface area contributed by atoms with Gasteiger partial charge < -0.3 is 14.4 Å². The van der Waals surface area contributed by atoms with Gasteiger partial charge in [-0.15, -0.1) is 0 Å². The van der Waals surface area contributed by atoms with Crippen molar-refractivity contribution in [2.24, 2.45) is 0 Å². The lowest BCUT2D eigenvalue weighted by molar-refractivity contribution is 0.568. The molecule has 18 aromatic rings. The summed E-state index contributed by atoms with van der Waals surface area (Å²) in [5, 5.41) is -0.00938. The van der Waals surface area contributed by atoms with Crippen molar-refractivity contribution in [1.82, 2.24) is 4.57 Å². The summed E-state index contributed by atoms with van der Waals surface area (Å²) >= 11 is 0. The molecule has 3 heterocycles. The summed E-state index contributed by atoms with van der Waals surface area (Å²) in [6.45, 7) is 27.0. The molecule has 124 heavy (non-hydrogen) atoms. The van der Waals surface area contributed by atoms with Crippen LogP contribution in [0, 0.1) is 0 Å². The zero-order valence-electron chi connectivity index (χ0n) is 79.9. The number of rotatable bonds is 7. The van der Waals surface area contributed by atoms with Crippen LogP contribution in [0.2, 0.25) is 0 Å². The third kappa shape index (κ3) is 10.5. The van der Waals surface area contributed by atoms with Gasteiger partial charge in [0, 0.05) is 44.6 Å². The Morgan fingerprint density at radius 2 is 0.532 bits per heavy atom. The molecule has 24 rings (SSSR count). The largest absolute Gasteiger partial charge is 0.311 e. The molecule has 1 aromatic heterocycles. The van der Waals surface area contributed by atoms with Crippen LogP contribution in [0.15, 0.2) is 364 Å². The quantitative estimate of drug-likeness (QED) is 0.147. The monoisotopic (exact) mass is 1600 g/mol. The van der Waals surface area contributed by atoms with Crippen molar-refractivity contribution < 1.29 is 11.0 Å². The first-order chi connectivity index (χ1) is 63.3. The highest BCUT2D eigenvalue weighted by molar-refractivity contribution is 7.00. The molecule has 3 nitrogen and oxygen atoms in total. The fourth-order valence-electron chi connectivity index (χ4n) is 22.3. The minimum absolute atomic E-state index is 0.00469. The SMILES string of the molecule is [2H]c1c([2H])c([2H])c2c(c1[2H])c1c([2H])c([2H])c([2H])c([2H])c1n2-c1cc2c3c(c1)N(c1ccccc1-c1ccc4c(c1)-c1ccccc1C41c4ccccc4-c4ccccc41)c1cc(-c4cc(C(C)(C)C)cc(C(C)(C)C)c4)ccc1B3c1ccc(-c3cc(C(C)(C)C)cc(C(C)(C)C)c3)cc1N2c1ccccc1-c1ccc2c(c1)-c1ccccc1C21c2ccccc2-c2ccccc21. The van der Waals surface area contributed by atoms with E-state index >= 15 is 0 Å². The Labute approximate surface area is 740 Å². The fourth-order valence-corrected chi connectivity index (χ4v) is 22.3. The van der Waals surface area contributed by atoms with Crippen molar-refractivity contribution in [2.75, 3.05) is 9.80 Å². The summed E-state index contributed by atoms with van der Waals surface area (Å²) in [4.78, 5) is 4.91. The first-order valence-corrected chi connectivity index (χ1v) is 43.8. The lowest BCUT2D eigenvalue weighted by atomic mass is 9.33. The van der Waals surface area contributed by atoms with Gasteiger partial charge >= 0.3 is 0 Å². The van der Waals surface area contributed by atoms with Crippen LogP contribution >= 0.6 is 0 Å². The van der Waals surface area contributed by atoms with E-state index in [2.05, 4.69) is 408 Å². The second kappa shape index (κ2) is 26.4. The van der Waals surface area contributed by atoms with E-state index in [1.165, 1.54) is 100 Å². The number of fused-ring (bicyclic) bond motifs is 27. The second-order valence-corrected chi connectivity index (χ2v) is 39.3. The number of para-hydroxylation sites is 4. The topological polar surface area (TPSA) is 11.4 Å². The molecule has 2 aliphatic heterocycles. The van der Waals surface area contributed by atoms with E-state index in [1.54, 1.807) is 4.57 Å². The zero-order chi connectivity index (χ0) is 90.9. The van der Waals surface area contributed by atoms with Crippen LogP contribution in [0.25, 0.3) is 117 Å². The van der Waals surface area contributed by atoms with Crippen LogP contribution in [0.3, 0.4) is 0 Å². The highest BCUT2D eigenvalue weighted by atomic mass is 15.2. The van der Waals surface area contributed by atoms with Crippen molar-refractivity contribution in [3.63, 3.8) is 0 Å². The molecule has 0 bridgehead atoms. The Hall–Kier alpha value is -13.8. The summed E-state index contributed by atoms with van der Waals surface area (Å²) in [6, 6.07) is 115. The average Bonchev–Trinajstić information content (AvgIpc) is 1.62. The predicted octanol–water partition coefficient (Wildman–Crippen LogP) is 29.4. The molecule has 0 atom stereocenters. The van der Waals surface area contributed by atoms with Gasteiger partial charge in [0.25, 0.3) is 6.71 Å². The smallest absolute Gasteiger partial charge is 0.252 e. The molecule has 4 aliphatic carbocycles. The standard InChI is InChI=1S/C120H96BN3/c1-115(2,3)79-61-77(62-80(69-79)116(4,5)6)73-55-59-104-110(67-73)123(106-49-29-19-33-84(106)75-53-57-102-94(65-75)90-39-17-27-47-100(90)119(102)96-43-23-13-35-86(96)87-36-14-24-44-97(87)119)112-71-83(122-108-51-31-21-41-92(108)93-42-22-32-52-109(93)122)72-113-114(112)121(104)105-60-56-74(78-63-81(117(7,8)9)70-82(64-78)118(10,11)12)68-111(105)124(113)107-50-30-20-34-85(107)76-54-58-103-95(66-76)91-40-18-28-48-101(91)120(103)98-45-25-15-37-88(98)89-38-16-26-46-99(89)120/h13-72H,1-12H3/i21D,22D,31D,32D,41D,42D,51D,52D. The Kier molecular flexibility index (Phi) is 14.0. The van der Waals surface area contributed by atoms with Crippen LogP contribution in [0.4, 0.5) is 34.1 Å². The molecule has 17 aromatic carbocycles. The normalized spacial score (nSPS) is 15.3. The zero-order valence-corrected chi connectivity index (χ0v) is 71.9. The van der Waals surface area contributed by atoms with Gasteiger partial charge in [-0.2, -0.15) is 0 Å². The molecule has 0 N–H and O–H groups in total. The molecule has 0 saturated heterocycles. The van der Waals surface area contributed by atoms with Crippen LogP contribution in [0.1, 0.15) is 161 Å². The Balaban J connectivity index is 0.836. The van der Waals surface area contributed by atoms with Crippen LogP contribution in [0.5, 0.6) is 0 Å². The van der Waals surface area contributed by atoms with E-state index in [0.717, 1.165) is 106 Å². The van der Waals surface area contributed by atoms with E-state index in [1.807, 2.05) is 0 Å². The third-order valence-corrected chi connectivity index (χ3v) is 28.3. The van der Waals surface area contributed by atoms with Crippen LogP contribution < -0.4 is 26.2 Å². The fraction of sp³-hybridized carbons (Fsp3) is 0.150. The van der Waals surface area contributed by atoms with E-state index in [-0.39, 0.29) is 55.6 Å². The van der Waals surface area contributed by atoms with Crippen LogP contribution in [-0.4, -0.2) is 11.3 Å². The molecule has 6 aliphatic rings. The van der Waals surface area contributed by atoms with Gasteiger partial charge in [0.2, 0.25) is 0 Å². The summed E-state index contributed by atoms with van der Waals surface area (Å²) in [5.41, 5.74) is 38.9. The van der Waals surface area contributed by atoms with E-state index in [0.29, 0.717) is 5.69 Å². The minimum Gasteiger partial charge on any atom is -0.311 e. The van der Waals surface area contributed by atoms with Crippen molar-refractivity contribution in [3.8, 4) is 94.7 Å². The van der Waals surface area contributed by atoms with Gasteiger partial charge in [0.05, 0.1) is 49.9 Å². The van der Waals surface area contributed by atoms with Gasteiger partial charge in [-0.1, -0.05) is 386 Å². The molecule has 0 saturated carbocycles. The third-order valence-electron chi connectivity index (χ3n) is 28.3. The number of nitrogens with zero attached hydrogens (tertiary/aromatic N) is 3. The van der Waals surface area contributed by atoms with E-state index in [9.17, 15) is 11.0 Å². The highest BCUT2D eigenvalue weighted by Gasteiger charge is 2.54.